The van der Waals surface area contributed by atoms with Crippen molar-refractivity contribution in [2.24, 2.45) is 5.73 Å². The first-order chi connectivity index (χ1) is 8.22. The van der Waals surface area contributed by atoms with Crippen LogP contribution >= 0.6 is 12.4 Å². The van der Waals surface area contributed by atoms with Crippen LogP contribution < -0.4 is 5.73 Å². The van der Waals surface area contributed by atoms with Gasteiger partial charge in [-0.25, -0.2) is 0 Å². The third-order valence-corrected chi connectivity index (χ3v) is 3.67. The summed E-state index contributed by atoms with van der Waals surface area (Å²) in [4.78, 5) is 0. The van der Waals surface area contributed by atoms with E-state index < -0.39 is 0 Å². The van der Waals surface area contributed by atoms with Gasteiger partial charge in [0.1, 0.15) is 6.61 Å². The van der Waals surface area contributed by atoms with Gasteiger partial charge in [-0.05, 0) is 42.1 Å². The minimum Gasteiger partial charge on any atom is -0.497 e. The first kappa shape index (κ1) is 13.7. The van der Waals surface area contributed by atoms with Crippen LogP contribution in [0, 0.1) is 0 Å². The molecule has 0 saturated heterocycles. The van der Waals surface area contributed by atoms with Crippen molar-refractivity contribution in [3.8, 4) is 0 Å². The van der Waals surface area contributed by atoms with Gasteiger partial charge in [-0.1, -0.05) is 0 Å². The predicted octanol–water partition coefficient (Wildman–Crippen LogP) is 1.37. The molecule has 3 rings (SSSR count). The van der Waals surface area contributed by atoms with E-state index in [2.05, 4.69) is 6.92 Å². The number of allylic oxidation sites excluding steroid dienone is 3. The third-order valence-electron chi connectivity index (χ3n) is 3.67. The molecule has 0 aromatic carbocycles. The van der Waals surface area contributed by atoms with Gasteiger partial charge in [0.15, 0.2) is 0 Å². The number of hydrogen-bond acceptors (Lipinski definition) is 4. The second-order valence-electron chi connectivity index (χ2n) is 4.62. The summed E-state index contributed by atoms with van der Waals surface area (Å²) in [6.07, 6.45) is 3.74. The van der Waals surface area contributed by atoms with E-state index in [1.165, 1.54) is 11.1 Å². The Bertz CT molecular complexity index is 447. The normalized spacial score (nSPS) is 29.8. The summed E-state index contributed by atoms with van der Waals surface area (Å²) < 4.78 is 17.2. The Morgan fingerprint density at radius 1 is 1.44 bits per heavy atom. The fourth-order valence-electron chi connectivity index (χ4n) is 2.65. The Morgan fingerprint density at radius 3 is 2.94 bits per heavy atom. The lowest BCUT2D eigenvalue weighted by molar-refractivity contribution is 0.146. The molecule has 3 aliphatic heterocycles. The molecule has 2 atom stereocenters. The lowest BCUT2D eigenvalue weighted by atomic mass is 9.69. The average molecular weight is 270 g/mol. The van der Waals surface area contributed by atoms with Crippen LogP contribution in [0.3, 0.4) is 0 Å². The summed E-state index contributed by atoms with van der Waals surface area (Å²) in [6.45, 7) is 5.15. The van der Waals surface area contributed by atoms with Crippen molar-refractivity contribution in [2.75, 3.05) is 13.2 Å². The summed E-state index contributed by atoms with van der Waals surface area (Å²) in [5.41, 5.74) is 10.4. The highest BCUT2D eigenvalue weighted by molar-refractivity contribution is 6.57. The van der Waals surface area contributed by atoms with Crippen LogP contribution in [0.15, 0.2) is 34.5 Å². The molecule has 4 nitrogen and oxygen atoms in total. The molecule has 0 amide bonds. The van der Waals surface area contributed by atoms with Crippen molar-refractivity contribution in [1.29, 1.82) is 0 Å². The van der Waals surface area contributed by atoms with Crippen molar-refractivity contribution < 1.29 is 14.0 Å². The largest absolute Gasteiger partial charge is 0.497 e. The molecule has 98 valence electrons. The standard InChI is InChI=1S/C12H16BNO3.ClH/c1-7-9-3-4-15-6-10-8(2)16-13(12(9)10)17-11(7)5-14;/h3-4,8,11H,5-6,14H2,1-2H3;1H. The van der Waals surface area contributed by atoms with E-state index in [1.807, 2.05) is 13.0 Å². The molecule has 18 heavy (non-hydrogen) atoms. The van der Waals surface area contributed by atoms with Crippen LogP contribution in [-0.2, 0) is 14.0 Å². The van der Waals surface area contributed by atoms with E-state index in [0.29, 0.717) is 13.2 Å². The van der Waals surface area contributed by atoms with Crippen LogP contribution in [0.25, 0.3) is 0 Å². The van der Waals surface area contributed by atoms with Crippen LogP contribution in [0.5, 0.6) is 0 Å². The predicted molar refractivity (Wildman–Crippen MR) is 72.3 cm³/mol. The minimum atomic E-state index is -0.279. The first-order valence-corrected chi connectivity index (χ1v) is 5.95. The number of halogens is 1. The van der Waals surface area contributed by atoms with Crippen LogP contribution in [-0.4, -0.2) is 32.5 Å². The van der Waals surface area contributed by atoms with Gasteiger partial charge in [0.25, 0.3) is 0 Å². The lowest BCUT2D eigenvalue weighted by Crippen LogP contribution is -2.39. The molecule has 0 radical (unpaired) electrons. The molecule has 0 saturated carbocycles. The van der Waals surface area contributed by atoms with Gasteiger partial charge < -0.3 is 19.8 Å². The monoisotopic (exact) mass is 269 g/mol. The molecule has 0 aliphatic carbocycles. The van der Waals surface area contributed by atoms with Gasteiger partial charge in [0.2, 0.25) is 0 Å². The number of rotatable bonds is 1. The van der Waals surface area contributed by atoms with Crippen LogP contribution in [0.4, 0.5) is 0 Å². The van der Waals surface area contributed by atoms with E-state index >= 15 is 0 Å². The van der Waals surface area contributed by atoms with Gasteiger partial charge in [0.05, 0.1) is 18.5 Å². The summed E-state index contributed by atoms with van der Waals surface area (Å²) in [5, 5.41) is 0. The van der Waals surface area contributed by atoms with Gasteiger partial charge in [0, 0.05) is 6.54 Å². The zero-order valence-corrected chi connectivity index (χ0v) is 11.3. The Kier molecular flexibility index (Phi) is 3.87. The zero-order chi connectivity index (χ0) is 12.0. The van der Waals surface area contributed by atoms with E-state index in [-0.39, 0.29) is 31.7 Å². The average Bonchev–Trinajstić information content (AvgIpc) is 2.53. The quantitative estimate of drug-likeness (QED) is 0.731. The molecule has 0 bridgehead atoms. The van der Waals surface area contributed by atoms with Crippen molar-refractivity contribution in [3.63, 3.8) is 0 Å². The Balaban J connectivity index is 0.00000120. The van der Waals surface area contributed by atoms with E-state index in [4.69, 9.17) is 19.8 Å². The third kappa shape index (κ3) is 1.91. The lowest BCUT2D eigenvalue weighted by Gasteiger charge is -2.28. The Labute approximate surface area is 113 Å². The highest BCUT2D eigenvalue weighted by atomic mass is 35.5. The maximum Gasteiger partial charge on any atom is 0.495 e. The fourth-order valence-corrected chi connectivity index (χ4v) is 2.65. The highest BCUT2D eigenvalue weighted by Crippen LogP contribution is 2.39. The summed E-state index contributed by atoms with van der Waals surface area (Å²) >= 11 is 0. The smallest absolute Gasteiger partial charge is 0.495 e. The molecule has 0 spiro atoms. The minimum absolute atomic E-state index is 0. The highest BCUT2D eigenvalue weighted by Gasteiger charge is 2.45. The molecular weight excluding hydrogens is 252 g/mol. The number of hydrogen-bond donors (Lipinski definition) is 1. The summed E-state index contributed by atoms with van der Waals surface area (Å²) in [7, 11) is -0.279. The van der Waals surface area contributed by atoms with Gasteiger partial charge in [-0.15, -0.1) is 12.4 Å². The van der Waals surface area contributed by atoms with Crippen molar-refractivity contribution in [2.45, 2.75) is 26.1 Å². The molecule has 2 unspecified atom stereocenters. The zero-order valence-electron chi connectivity index (χ0n) is 10.5. The topological polar surface area (TPSA) is 53.7 Å². The second kappa shape index (κ2) is 5.09. The molecule has 0 fully saturated rings. The molecule has 2 N–H and O–H groups in total. The summed E-state index contributed by atoms with van der Waals surface area (Å²) in [5.74, 6) is 0. The van der Waals surface area contributed by atoms with E-state index in [9.17, 15) is 0 Å². The maximum absolute atomic E-state index is 5.88. The molecule has 0 aromatic rings. The molecule has 0 aromatic heterocycles. The molecule has 3 heterocycles. The van der Waals surface area contributed by atoms with Crippen LogP contribution in [0.1, 0.15) is 13.8 Å². The molecular formula is C12H17BClNO3. The van der Waals surface area contributed by atoms with E-state index in [1.54, 1.807) is 6.26 Å². The summed E-state index contributed by atoms with van der Waals surface area (Å²) in [6, 6.07) is 0. The molecule has 6 heteroatoms. The van der Waals surface area contributed by atoms with Crippen LogP contribution in [0.2, 0.25) is 0 Å². The van der Waals surface area contributed by atoms with Crippen molar-refractivity contribution in [1.82, 2.24) is 0 Å². The van der Waals surface area contributed by atoms with E-state index in [0.717, 1.165) is 11.0 Å². The van der Waals surface area contributed by atoms with Gasteiger partial charge in [-0.2, -0.15) is 0 Å². The number of ether oxygens (including phenoxy) is 1. The first-order valence-electron chi connectivity index (χ1n) is 5.95. The van der Waals surface area contributed by atoms with Gasteiger partial charge in [-0.3, -0.25) is 0 Å². The fraction of sp³-hybridized carbons (Fsp3) is 0.500. The Hall–Kier alpha value is -0.745. The Morgan fingerprint density at radius 2 is 2.22 bits per heavy atom. The van der Waals surface area contributed by atoms with Crippen molar-refractivity contribution >= 4 is 19.5 Å². The van der Waals surface area contributed by atoms with Gasteiger partial charge >= 0.3 is 7.12 Å². The SMILES string of the molecule is CC1=C2C=COCC3=C2B(OC3C)OC1CN.Cl. The number of nitrogens with two attached hydrogens (primary N) is 1. The second-order valence-corrected chi connectivity index (χ2v) is 4.62. The maximum atomic E-state index is 5.88. The van der Waals surface area contributed by atoms with Crippen molar-refractivity contribution in [3.05, 3.63) is 34.5 Å². The molecule has 3 aliphatic rings.